The molecule has 0 aliphatic rings. The summed E-state index contributed by atoms with van der Waals surface area (Å²) < 4.78 is 11.2. The lowest BCUT2D eigenvalue weighted by atomic mass is 10.2. The molecule has 114 valence electrons. The number of ether oxygens (including phenoxy) is 2. The van der Waals surface area contributed by atoms with E-state index in [9.17, 15) is 0 Å². The molecule has 1 rings (SSSR count). The summed E-state index contributed by atoms with van der Waals surface area (Å²) >= 11 is 0. The van der Waals surface area contributed by atoms with Crippen molar-refractivity contribution in [2.45, 2.75) is 33.2 Å². The SMILES string of the molecule is CCCOCCN(CCOCCC)Cc1ccccc1. The van der Waals surface area contributed by atoms with Gasteiger partial charge in [0.05, 0.1) is 13.2 Å². The molecule has 0 N–H and O–H groups in total. The van der Waals surface area contributed by atoms with E-state index in [1.54, 1.807) is 0 Å². The van der Waals surface area contributed by atoms with Crippen LogP contribution in [0.15, 0.2) is 30.3 Å². The zero-order chi connectivity index (χ0) is 14.5. The lowest BCUT2D eigenvalue weighted by molar-refractivity contribution is 0.0720. The second-order valence-electron chi connectivity index (χ2n) is 4.99. The van der Waals surface area contributed by atoms with Crippen LogP contribution in [0.4, 0.5) is 0 Å². The van der Waals surface area contributed by atoms with Gasteiger partial charge in [0.1, 0.15) is 0 Å². The minimum atomic E-state index is 0.800. The van der Waals surface area contributed by atoms with Gasteiger partial charge in [-0.05, 0) is 18.4 Å². The van der Waals surface area contributed by atoms with E-state index in [0.717, 1.165) is 58.9 Å². The number of rotatable bonds is 12. The monoisotopic (exact) mass is 279 g/mol. The Morgan fingerprint density at radius 2 is 1.35 bits per heavy atom. The Morgan fingerprint density at radius 3 is 1.85 bits per heavy atom. The molecule has 0 aliphatic heterocycles. The molecular weight excluding hydrogens is 250 g/mol. The van der Waals surface area contributed by atoms with E-state index in [2.05, 4.69) is 49.1 Å². The Morgan fingerprint density at radius 1 is 0.800 bits per heavy atom. The molecular formula is C17H29NO2. The fourth-order valence-electron chi connectivity index (χ4n) is 1.99. The minimum absolute atomic E-state index is 0.800. The molecule has 0 aromatic heterocycles. The Hall–Kier alpha value is -0.900. The second kappa shape index (κ2) is 11.9. The molecule has 3 heteroatoms. The molecule has 1 aromatic rings. The Bertz CT molecular complexity index is 304. The third kappa shape index (κ3) is 8.31. The van der Waals surface area contributed by atoms with Crippen LogP contribution in [0.5, 0.6) is 0 Å². The average molecular weight is 279 g/mol. The smallest absolute Gasteiger partial charge is 0.0593 e. The maximum Gasteiger partial charge on any atom is 0.0593 e. The first-order chi connectivity index (χ1) is 9.86. The Labute approximate surface area is 123 Å². The van der Waals surface area contributed by atoms with Crippen molar-refractivity contribution in [3.05, 3.63) is 35.9 Å². The fraction of sp³-hybridized carbons (Fsp3) is 0.647. The molecule has 20 heavy (non-hydrogen) atoms. The van der Waals surface area contributed by atoms with Gasteiger partial charge in [0.15, 0.2) is 0 Å². The van der Waals surface area contributed by atoms with Gasteiger partial charge in [-0.2, -0.15) is 0 Å². The number of hydrogen-bond donors (Lipinski definition) is 0. The molecule has 0 saturated carbocycles. The first-order valence-electron chi connectivity index (χ1n) is 7.78. The van der Waals surface area contributed by atoms with Crippen LogP contribution in [0.1, 0.15) is 32.3 Å². The zero-order valence-corrected chi connectivity index (χ0v) is 13.0. The average Bonchev–Trinajstić information content (AvgIpc) is 2.49. The van der Waals surface area contributed by atoms with Crippen LogP contribution in [0.2, 0.25) is 0 Å². The molecule has 0 saturated heterocycles. The van der Waals surface area contributed by atoms with Crippen molar-refractivity contribution < 1.29 is 9.47 Å². The van der Waals surface area contributed by atoms with Crippen LogP contribution in [-0.2, 0) is 16.0 Å². The Balaban J connectivity index is 2.33. The van der Waals surface area contributed by atoms with Crippen molar-refractivity contribution in [3.63, 3.8) is 0 Å². The first kappa shape index (κ1) is 17.2. The molecule has 0 fully saturated rings. The standard InChI is InChI=1S/C17H29NO2/c1-3-12-19-14-10-18(11-15-20-13-4-2)16-17-8-6-5-7-9-17/h5-9H,3-4,10-16H2,1-2H3. The van der Waals surface area contributed by atoms with Gasteiger partial charge in [-0.1, -0.05) is 44.2 Å². The second-order valence-corrected chi connectivity index (χ2v) is 4.99. The molecule has 1 aromatic carbocycles. The highest BCUT2D eigenvalue weighted by Gasteiger charge is 2.06. The fourth-order valence-corrected chi connectivity index (χ4v) is 1.99. The summed E-state index contributed by atoms with van der Waals surface area (Å²) in [4.78, 5) is 2.40. The van der Waals surface area contributed by atoms with Crippen molar-refractivity contribution in [1.29, 1.82) is 0 Å². The molecule has 0 heterocycles. The molecule has 0 amide bonds. The largest absolute Gasteiger partial charge is 0.380 e. The van der Waals surface area contributed by atoms with Crippen molar-refractivity contribution in [2.24, 2.45) is 0 Å². The van der Waals surface area contributed by atoms with Crippen LogP contribution < -0.4 is 0 Å². The highest BCUT2D eigenvalue weighted by atomic mass is 16.5. The van der Waals surface area contributed by atoms with Gasteiger partial charge in [0, 0.05) is 32.8 Å². The maximum absolute atomic E-state index is 5.60. The van der Waals surface area contributed by atoms with Crippen molar-refractivity contribution in [3.8, 4) is 0 Å². The van der Waals surface area contributed by atoms with Crippen LogP contribution in [-0.4, -0.2) is 44.4 Å². The summed E-state index contributed by atoms with van der Waals surface area (Å²) in [5.74, 6) is 0. The van der Waals surface area contributed by atoms with E-state index < -0.39 is 0 Å². The summed E-state index contributed by atoms with van der Waals surface area (Å²) in [6.45, 7) is 10.5. The number of benzene rings is 1. The Kier molecular flexibility index (Phi) is 10.2. The van der Waals surface area contributed by atoms with Gasteiger partial charge in [0.2, 0.25) is 0 Å². The van der Waals surface area contributed by atoms with Gasteiger partial charge in [0.25, 0.3) is 0 Å². The molecule has 0 aliphatic carbocycles. The summed E-state index contributed by atoms with van der Waals surface area (Å²) in [5.41, 5.74) is 1.35. The minimum Gasteiger partial charge on any atom is -0.380 e. The van der Waals surface area contributed by atoms with Crippen LogP contribution in [0.25, 0.3) is 0 Å². The zero-order valence-electron chi connectivity index (χ0n) is 13.0. The number of hydrogen-bond acceptors (Lipinski definition) is 3. The lowest BCUT2D eigenvalue weighted by Gasteiger charge is -2.22. The third-order valence-electron chi connectivity index (χ3n) is 3.05. The lowest BCUT2D eigenvalue weighted by Crippen LogP contribution is -2.30. The summed E-state index contributed by atoms with van der Waals surface area (Å²) in [6.07, 6.45) is 2.16. The predicted octanol–water partition coefficient (Wildman–Crippen LogP) is 3.34. The van der Waals surface area contributed by atoms with Crippen molar-refractivity contribution in [1.82, 2.24) is 4.90 Å². The quantitative estimate of drug-likeness (QED) is 0.548. The summed E-state index contributed by atoms with van der Waals surface area (Å²) in [6, 6.07) is 10.6. The predicted molar refractivity (Wildman–Crippen MR) is 83.9 cm³/mol. The van der Waals surface area contributed by atoms with E-state index in [0.29, 0.717) is 0 Å². The third-order valence-corrected chi connectivity index (χ3v) is 3.05. The highest BCUT2D eigenvalue weighted by Crippen LogP contribution is 2.04. The molecule has 0 bridgehead atoms. The topological polar surface area (TPSA) is 21.7 Å². The van der Waals surface area contributed by atoms with Crippen LogP contribution in [0.3, 0.4) is 0 Å². The molecule has 0 atom stereocenters. The number of nitrogens with zero attached hydrogens (tertiary/aromatic N) is 1. The van der Waals surface area contributed by atoms with Crippen LogP contribution >= 0.6 is 0 Å². The van der Waals surface area contributed by atoms with E-state index in [1.807, 2.05) is 0 Å². The van der Waals surface area contributed by atoms with Gasteiger partial charge in [-0.25, -0.2) is 0 Å². The van der Waals surface area contributed by atoms with Gasteiger partial charge in [-0.3, -0.25) is 4.90 Å². The molecule has 0 spiro atoms. The van der Waals surface area contributed by atoms with Gasteiger partial charge >= 0.3 is 0 Å². The van der Waals surface area contributed by atoms with Crippen molar-refractivity contribution >= 4 is 0 Å². The van der Waals surface area contributed by atoms with E-state index in [-0.39, 0.29) is 0 Å². The summed E-state index contributed by atoms with van der Waals surface area (Å²) in [5, 5.41) is 0. The maximum atomic E-state index is 5.60. The van der Waals surface area contributed by atoms with E-state index in [4.69, 9.17) is 9.47 Å². The highest BCUT2D eigenvalue weighted by molar-refractivity contribution is 5.14. The van der Waals surface area contributed by atoms with Gasteiger partial charge in [-0.15, -0.1) is 0 Å². The van der Waals surface area contributed by atoms with E-state index >= 15 is 0 Å². The molecule has 0 radical (unpaired) electrons. The van der Waals surface area contributed by atoms with Crippen LogP contribution in [0, 0.1) is 0 Å². The normalized spacial score (nSPS) is 11.2. The van der Waals surface area contributed by atoms with Gasteiger partial charge < -0.3 is 9.47 Å². The first-order valence-corrected chi connectivity index (χ1v) is 7.78. The van der Waals surface area contributed by atoms with E-state index in [1.165, 1.54) is 5.56 Å². The molecule has 3 nitrogen and oxygen atoms in total. The molecule has 0 unspecified atom stereocenters. The van der Waals surface area contributed by atoms with Crippen molar-refractivity contribution in [2.75, 3.05) is 39.5 Å². The summed E-state index contributed by atoms with van der Waals surface area (Å²) in [7, 11) is 0.